The number of hydrogen-bond acceptors (Lipinski definition) is 6. The number of nitrogens with two attached hydrogens (primary N) is 1. The first-order valence-corrected chi connectivity index (χ1v) is 6.93. The van der Waals surface area contributed by atoms with Gasteiger partial charge in [-0.25, -0.2) is 0 Å². The summed E-state index contributed by atoms with van der Waals surface area (Å²) in [6.07, 6.45) is 0.414. The molecule has 1 aromatic carbocycles. The van der Waals surface area contributed by atoms with Crippen molar-refractivity contribution >= 4 is 28.8 Å². The van der Waals surface area contributed by atoms with Crippen LogP contribution in [0, 0.1) is 22.7 Å². The highest BCUT2D eigenvalue weighted by Crippen LogP contribution is 2.28. The number of hydrazone groups is 1. The quantitative estimate of drug-likeness (QED) is 0.346. The summed E-state index contributed by atoms with van der Waals surface area (Å²) >= 11 is 0. The number of ether oxygens (including phenoxy) is 1. The Labute approximate surface area is 134 Å². The third kappa shape index (κ3) is 5.67. The number of nitriles is 1. The summed E-state index contributed by atoms with van der Waals surface area (Å²) in [5.41, 5.74) is 8.66. The van der Waals surface area contributed by atoms with E-state index in [2.05, 4.69) is 15.8 Å². The van der Waals surface area contributed by atoms with Crippen LogP contribution in [0.25, 0.3) is 0 Å². The SMILES string of the molecule is COc1cc(N/N=C(\C#N)C(=N)N)ccc1NC(=O)CC(C)C. The van der Waals surface area contributed by atoms with Crippen LogP contribution in [0.4, 0.5) is 11.4 Å². The number of hydrogen-bond donors (Lipinski definition) is 4. The highest BCUT2D eigenvalue weighted by molar-refractivity contribution is 6.45. The summed E-state index contributed by atoms with van der Waals surface area (Å²) in [7, 11) is 1.48. The van der Waals surface area contributed by atoms with E-state index in [9.17, 15) is 4.79 Å². The van der Waals surface area contributed by atoms with Gasteiger partial charge in [-0.15, -0.1) is 0 Å². The molecular formula is C15H20N6O2. The molecule has 0 aliphatic rings. The summed E-state index contributed by atoms with van der Waals surface area (Å²) in [5, 5.41) is 22.5. The average molecular weight is 316 g/mol. The molecular weight excluding hydrogens is 296 g/mol. The lowest BCUT2D eigenvalue weighted by Crippen LogP contribution is -2.21. The molecule has 1 rings (SSSR count). The van der Waals surface area contributed by atoms with E-state index in [0.717, 1.165) is 0 Å². The van der Waals surface area contributed by atoms with Gasteiger partial charge in [0, 0.05) is 12.5 Å². The summed E-state index contributed by atoms with van der Waals surface area (Å²) in [4.78, 5) is 11.8. The number of benzene rings is 1. The van der Waals surface area contributed by atoms with Gasteiger partial charge in [-0.05, 0) is 18.1 Å². The molecule has 0 saturated carbocycles. The smallest absolute Gasteiger partial charge is 0.224 e. The molecule has 0 bridgehead atoms. The number of amides is 1. The van der Waals surface area contributed by atoms with E-state index in [1.165, 1.54) is 7.11 Å². The van der Waals surface area contributed by atoms with Crippen molar-refractivity contribution in [2.75, 3.05) is 17.9 Å². The van der Waals surface area contributed by atoms with Gasteiger partial charge in [0.2, 0.25) is 11.6 Å². The summed E-state index contributed by atoms with van der Waals surface area (Å²) in [6, 6.07) is 6.64. The molecule has 0 fully saturated rings. The zero-order chi connectivity index (χ0) is 17.4. The van der Waals surface area contributed by atoms with E-state index in [1.807, 2.05) is 13.8 Å². The van der Waals surface area contributed by atoms with E-state index >= 15 is 0 Å². The Morgan fingerprint density at radius 1 is 1.52 bits per heavy atom. The summed E-state index contributed by atoms with van der Waals surface area (Å²) in [5.74, 6) is 0.181. The lowest BCUT2D eigenvalue weighted by atomic mass is 10.1. The largest absolute Gasteiger partial charge is 0.494 e. The molecule has 0 heterocycles. The molecule has 0 aliphatic heterocycles. The lowest BCUT2D eigenvalue weighted by Gasteiger charge is -2.12. The third-order valence-electron chi connectivity index (χ3n) is 2.73. The van der Waals surface area contributed by atoms with Crippen LogP contribution in [0.1, 0.15) is 20.3 Å². The maximum Gasteiger partial charge on any atom is 0.224 e. The standard InChI is InChI=1S/C15H20N6O2/c1-9(2)6-14(22)19-11-5-4-10(7-13(11)23-3)20-21-12(8-16)15(17)18/h4-5,7,9,20H,6H2,1-3H3,(H3,17,18)(H,19,22)/b21-12+. The predicted molar refractivity (Wildman–Crippen MR) is 89.7 cm³/mol. The first kappa shape index (κ1) is 18.0. The topological polar surface area (TPSA) is 136 Å². The number of rotatable bonds is 7. The second-order valence-corrected chi connectivity index (χ2v) is 5.16. The number of anilines is 2. The second-order valence-electron chi connectivity index (χ2n) is 5.16. The van der Waals surface area contributed by atoms with Gasteiger partial charge in [-0.3, -0.25) is 15.6 Å². The van der Waals surface area contributed by atoms with Crippen molar-refractivity contribution in [3.8, 4) is 11.8 Å². The number of carbonyl (C=O) groups is 1. The Bertz CT molecular complexity index is 660. The molecule has 0 spiro atoms. The minimum atomic E-state index is -0.426. The Hall–Kier alpha value is -3.08. The first-order chi connectivity index (χ1) is 10.9. The van der Waals surface area contributed by atoms with Crippen LogP contribution < -0.4 is 21.2 Å². The lowest BCUT2D eigenvalue weighted by molar-refractivity contribution is -0.116. The van der Waals surface area contributed by atoms with Crippen molar-refractivity contribution in [3.63, 3.8) is 0 Å². The van der Waals surface area contributed by atoms with Crippen molar-refractivity contribution in [1.82, 2.24) is 0 Å². The minimum Gasteiger partial charge on any atom is -0.494 e. The number of nitrogens with one attached hydrogen (secondary N) is 3. The third-order valence-corrected chi connectivity index (χ3v) is 2.73. The van der Waals surface area contributed by atoms with E-state index in [4.69, 9.17) is 21.1 Å². The van der Waals surface area contributed by atoms with Crippen LogP contribution in [-0.4, -0.2) is 24.6 Å². The van der Waals surface area contributed by atoms with Crippen molar-refractivity contribution in [2.45, 2.75) is 20.3 Å². The Kier molecular flexibility index (Phi) is 6.55. The van der Waals surface area contributed by atoms with E-state index in [-0.39, 0.29) is 17.5 Å². The average Bonchev–Trinajstić information content (AvgIpc) is 2.47. The highest BCUT2D eigenvalue weighted by Gasteiger charge is 2.10. The van der Waals surface area contributed by atoms with Crippen LogP contribution in [0.2, 0.25) is 0 Å². The van der Waals surface area contributed by atoms with Crippen molar-refractivity contribution in [3.05, 3.63) is 18.2 Å². The van der Waals surface area contributed by atoms with Crippen LogP contribution in [0.15, 0.2) is 23.3 Å². The van der Waals surface area contributed by atoms with Crippen molar-refractivity contribution in [1.29, 1.82) is 10.7 Å². The molecule has 1 amide bonds. The van der Waals surface area contributed by atoms with Gasteiger partial charge < -0.3 is 15.8 Å². The summed E-state index contributed by atoms with van der Waals surface area (Å²) < 4.78 is 5.24. The monoisotopic (exact) mass is 316 g/mol. The maximum atomic E-state index is 11.8. The van der Waals surface area contributed by atoms with E-state index in [0.29, 0.717) is 23.5 Å². The van der Waals surface area contributed by atoms with E-state index < -0.39 is 5.84 Å². The number of nitrogens with zero attached hydrogens (tertiary/aromatic N) is 2. The van der Waals surface area contributed by atoms with Crippen LogP contribution in [0.5, 0.6) is 5.75 Å². The van der Waals surface area contributed by atoms with E-state index in [1.54, 1.807) is 24.3 Å². The molecule has 0 unspecified atom stereocenters. The Morgan fingerprint density at radius 2 is 2.22 bits per heavy atom. The normalized spacial score (nSPS) is 10.8. The van der Waals surface area contributed by atoms with Crippen molar-refractivity contribution in [2.24, 2.45) is 16.8 Å². The molecule has 0 saturated heterocycles. The molecule has 8 heteroatoms. The Morgan fingerprint density at radius 3 is 2.74 bits per heavy atom. The molecule has 8 nitrogen and oxygen atoms in total. The fraction of sp³-hybridized carbons (Fsp3) is 0.333. The molecule has 0 aliphatic carbocycles. The van der Waals surface area contributed by atoms with Crippen LogP contribution in [0.3, 0.4) is 0 Å². The molecule has 122 valence electrons. The van der Waals surface area contributed by atoms with Gasteiger partial charge in [0.05, 0.1) is 18.5 Å². The van der Waals surface area contributed by atoms with Gasteiger partial charge in [0.25, 0.3) is 0 Å². The Balaban J connectivity index is 2.90. The molecule has 0 aromatic heterocycles. The van der Waals surface area contributed by atoms with Gasteiger partial charge in [0.1, 0.15) is 11.8 Å². The van der Waals surface area contributed by atoms with Crippen LogP contribution in [-0.2, 0) is 4.79 Å². The zero-order valence-electron chi connectivity index (χ0n) is 13.3. The second kappa shape index (κ2) is 8.38. The summed E-state index contributed by atoms with van der Waals surface area (Å²) in [6.45, 7) is 3.92. The van der Waals surface area contributed by atoms with Gasteiger partial charge in [0.15, 0.2) is 5.84 Å². The van der Waals surface area contributed by atoms with Gasteiger partial charge in [-0.1, -0.05) is 13.8 Å². The number of methoxy groups -OCH3 is 1. The molecule has 0 radical (unpaired) electrons. The van der Waals surface area contributed by atoms with Gasteiger partial charge >= 0.3 is 0 Å². The fourth-order valence-corrected chi connectivity index (χ4v) is 1.70. The highest BCUT2D eigenvalue weighted by atomic mass is 16.5. The molecule has 0 atom stereocenters. The molecule has 23 heavy (non-hydrogen) atoms. The predicted octanol–water partition coefficient (Wildman–Crippen LogP) is 1.91. The molecule has 1 aromatic rings. The fourth-order valence-electron chi connectivity index (χ4n) is 1.70. The van der Waals surface area contributed by atoms with Crippen molar-refractivity contribution < 1.29 is 9.53 Å². The first-order valence-electron chi connectivity index (χ1n) is 6.93. The maximum absolute atomic E-state index is 11.8. The number of amidine groups is 1. The minimum absolute atomic E-state index is 0.0969. The zero-order valence-corrected chi connectivity index (χ0v) is 13.3. The van der Waals surface area contributed by atoms with Crippen LogP contribution >= 0.6 is 0 Å². The van der Waals surface area contributed by atoms with Gasteiger partial charge in [-0.2, -0.15) is 10.4 Å². The number of carbonyl (C=O) groups excluding carboxylic acids is 1. The molecule has 5 N–H and O–H groups in total.